The van der Waals surface area contributed by atoms with Crippen LogP contribution in [0.4, 0.5) is 16.2 Å². The van der Waals surface area contributed by atoms with Gasteiger partial charge in [-0.2, -0.15) is 0 Å². The quantitative estimate of drug-likeness (QED) is 0.623. The van der Waals surface area contributed by atoms with Crippen LogP contribution in [0.25, 0.3) is 0 Å². The van der Waals surface area contributed by atoms with Gasteiger partial charge in [-0.05, 0) is 17.7 Å². The maximum atomic E-state index is 12.0. The van der Waals surface area contributed by atoms with Gasteiger partial charge in [0, 0.05) is 18.9 Å². The monoisotopic (exact) mass is 312 g/mol. The fourth-order valence-electron chi connectivity index (χ4n) is 2.93. The van der Waals surface area contributed by atoms with E-state index in [4.69, 9.17) is 10.5 Å². The summed E-state index contributed by atoms with van der Waals surface area (Å²) in [5.74, 6) is -2.49. The molecular weight excluding hydrogens is 296 g/mol. The van der Waals surface area contributed by atoms with Gasteiger partial charge in [0.15, 0.2) is 0 Å². The predicted molar refractivity (Wildman–Crippen MR) is 84.0 cm³/mol. The van der Waals surface area contributed by atoms with Gasteiger partial charge in [-0.15, -0.1) is 0 Å². The zero-order valence-corrected chi connectivity index (χ0v) is 12.5. The number of carbonyl (C=O) groups excluding carboxylic acids is 2. The highest BCUT2D eigenvalue weighted by Crippen LogP contribution is 2.43. The Hall–Kier alpha value is -2.86. The molecule has 0 radical (unpaired) electrons. The van der Waals surface area contributed by atoms with Crippen molar-refractivity contribution in [3.05, 3.63) is 59.7 Å². The molecule has 3 rings (SSSR count). The lowest BCUT2D eigenvalue weighted by atomic mass is 9.97. The van der Waals surface area contributed by atoms with Crippen molar-refractivity contribution in [2.45, 2.75) is 19.1 Å². The minimum absolute atomic E-state index is 0.0174. The number of nitrogens with two attached hydrogens (primary N) is 1. The molecule has 0 aliphatic carbocycles. The second-order valence-electron chi connectivity index (χ2n) is 5.37. The summed E-state index contributed by atoms with van der Waals surface area (Å²) >= 11 is 0. The number of hydrogen-bond acceptors (Lipinski definition) is 4. The number of hydrogen-bond donors (Lipinski definition) is 2. The minimum atomic E-state index is -1.87. The Labute approximate surface area is 133 Å². The van der Waals surface area contributed by atoms with Crippen LogP contribution < -0.4 is 10.6 Å². The Morgan fingerprint density at radius 2 is 1.74 bits per heavy atom. The molecule has 0 unspecified atom stereocenters. The molecule has 0 spiro atoms. The zero-order valence-electron chi connectivity index (χ0n) is 12.5. The lowest BCUT2D eigenvalue weighted by Crippen LogP contribution is -2.35. The molecule has 2 aromatic carbocycles. The average molecular weight is 312 g/mol. The molecule has 1 aliphatic heterocycles. The summed E-state index contributed by atoms with van der Waals surface area (Å²) < 4.78 is 5.21. The predicted octanol–water partition coefficient (Wildman–Crippen LogP) is 2.17. The zero-order chi connectivity index (χ0) is 16.6. The van der Waals surface area contributed by atoms with Crippen LogP contribution in [0.5, 0.6) is 0 Å². The average Bonchev–Trinajstić information content (AvgIpc) is 2.58. The third-order valence-corrected chi connectivity index (χ3v) is 3.76. The second-order valence-corrected chi connectivity index (χ2v) is 5.37. The van der Waals surface area contributed by atoms with Crippen LogP contribution >= 0.6 is 0 Å². The first-order valence-corrected chi connectivity index (χ1v) is 7.11. The van der Waals surface area contributed by atoms with Crippen molar-refractivity contribution < 1.29 is 19.4 Å². The number of amides is 2. The molecule has 23 heavy (non-hydrogen) atoms. The molecule has 118 valence electrons. The largest absolute Gasteiger partial charge is 0.428 e. The first kappa shape index (κ1) is 15.1. The van der Waals surface area contributed by atoms with E-state index in [1.807, 2.05) is 0 Å². The van der Waals surface area contributed by atoms with Crippen LogP contribution in [0.1, 0.15) is 18.1 Å². The maximum Gasteiger partial charge on any atom is 0.323 e. The summed E-state index contributed by atoms with van der Waals surface area (Å²) in [6.07, 6.45) is 0.0174. The smallest absolute Gasteiger partial charge is 0.323 e. The lowest BCUT2D eigenvalue weighted by Gasteiger charge is -2.28. The number of para-hydroxylation sites is 2. The Morgan fingerprint density at radius 1 is 1.13 bits per heavy atom. The van der Waals surface area contributed by atoms with E-state index in [2.05, 4.69) is 0 Å². The van der Waals surface area contributed by atoms with Gasteiger partial charge in [-0.25, -0.2) is 4.79 Å². The van der Waals surface area contributed by atoms with Crippen LogP contribution in [0.15, 0.2) is 48.5 Å². The SMILES string of the molecule is CC(=O)O[C@@]1(O)Cc2ccccc2N(C(N)=O)c2ccccc21. The Kier molecular flexibility index (Phi) is 3.54. The number of primary amides is 1. The summed E-state index contributed by atoms with van der Waals surface area (Å²) in [4.78, 5) is 24.8. The van der Waals surface area contributed by atoms with Gasteiger partial charge >= 0.3 is 12.0 Å². The van der Waals surface area contributed by atoms with Crippen LogP contribution in [0.2, 0.25) is 0 Å². The molecule has 3 N–H and O–H groups in total. The van der Waals surface area contributed by atoms with Crippen molar-refractivity contribution in [1.29, 1.82) is 0 Å². The van der Waals surface area contributed by atoms with Gasteiger partial charge in [-0.1, -0.05) is 36.4 Å². The van der Waals surface area contributed by atoms with Gasteiger partial charge in [-0.3, -0.25) is 9.69 Å². The number of fused-ring (bicyclic) bond motifs is 2. The highest BCUT2D eigenvalue weighted by Gasteiger charge is 2.41. The molecule has 6 nitrogen and oxygen atoms in total. The van der Waals surface area contributed by atoms with Crippen LogP contribution in [0.3, 0.4) is 0 Å². The van der Waals surface area contributed by atoms with Crippen LogP contribution in [-0.4, -0.2) is 17.1 Å². The topological polar surface area (TPSA) is 92.9 Å². The number of carbonyl (C=O) groups is 2. The third-order valence-electron chi connectivity index (χ3n) is 3.76. The van der Waals surface area contributed by atoms with Crippen LogP contribution in [0, 0.1) is 0 Å². The van der Waals surface area contributed by atoms with E-state index >= 15 is 0 Å². The van der Waals surface area contributed by atoms with Gasteiger partial charge in [0.25, 0.3) is 0 Å². The van der Waals surface area contributed by atoms with Crippen molar-refractivity contribution >= 4 is 23.4 Å². The Bertz CT molecular complexity index is 790. The molecule has 0 bridgehead atoms. The number of nitrogens with zero attached hydrogens (tertiary/aromatic N) is 1. The van der Waals surface area contributed by atoms with Gasteiger partial charge in [0.05, 0.1) is 11.4 Å². The molecule has 0 saturated carbocycles. The number of anilines is 2. The fraction of sp³-hybridized carbons (Fsp3) is 0.176. The second kappa shape index (κ2) is 5.40. The van der Waals surface area contributed by atoms with E-state index in [0.717, 1.165) is 0 Å². The first-order valence-electron chi connectivity index (χ1n) is 7.11. The summed E-state index contributed by atoms with van der Waals surface area (Å²) in [7, 11) is 0. The number of aliphatic hydroxyl groups is 1. The summed E-state index contributed by atoms with van der Waals surface area (Å²) in [5.41, 5.74) is 7.44. The molecule has 1 aliphatic rings. The van der Waals surface area contributed by atoms with Gasteiger partial charge < -0.3 is 15.6 Å². The van der Waals surface area contributed by atoms with E-state index in [-0.39, 0.29) is 6.42 Å². The van der Waals surface area contributed by atoms with E-state index in [0.29, 0.717) is 22.5 Å². The highest BCUT2D eigenvalue weighted by atomic mass is 16.7. The van der Waals surface area contributed by atoms with E-state index in [9.17, 15) is 14.7 Å². The molecule has 2 amide bonds. The molecule has 0 saturated heterocycles. The number of urea groups is 1. The maximum absolute atomic E-state index is 12.0. The van der Waals surface area contributed by atoms with Gasteiger partial charge in [0.2, 0.25) is 5.79 Å². The Morgan fingerprint density at radius 3 is 2.39 bits per heavy atom. The molecule has 6 heteroatoms. The molecule has 0 aromatic heterocycles. The van der Waals surface area contributed by atoms with Crippen LogP contribution in [-0.2, 0) is 21.7 Å². The number of benzene rings is 2. The number of esters is 1. The lowest BCUT2D eigenvalue weighted by molar-refractivity contribution is -0.212. The molecule has 0 fully saturated rings. The molecule has 1 atom stereocenters. The van der Waals surface area contributed by atoms with Crippen molar-refractivity contribution in [2.75, 3.05) is 4.90 Å². The third kappa shape index (κ3) is 2.53. The van der Waals surface area contributed by atoms with E-state index in [1.54, 1.807) is 48.5 Å². The summed E-state index contributed by atoms with van der Waals surface area (Å²) in [5, 5.41) is 11.0. The summed E-state index contributed by atoms with van der Waals surface area (Å²) in [6, 6.07) is 13.0. The standard InChI is InChI=1S/C17H16N2O4/c1-11(20)23-17(22)10-12-6-2-4-8-14(12)19(16(18)21)15-9-5-3-7-13(15)17/h2-9,22H,10H2,1H3,(H2,18,21)/t17-/m0/s1. The minimum Gasteiger partial charge on any atom is -0.428 e. The summed E-state index contributed by atoms with van der Waals surface area (Å²) in [6.45, 7) is 1.23. The van der Waals surface area contributed by atoms with Crippen molar-refractivity contribution in [2.24, 2.45) is 5.73 Å². The van der Waals surface area contributed by atoms with Crippen molar-refractivity contribution in [1.82, 2.24) is 0 Å². The van der Waals surface area contributed by atoms with Crippen molar-refractivity contribution in [3.8, 4) is 0 Å². The normalized spacial score (nSPS) is 19.3. The number of rotatable bonds is 1. The fourth-order valence-corrected chi connectivity index (χ4v) is 2.93. The van der Waals surface area contributed by atoms with Gasteiger partial charge in [0.1, 0.15) is 0 Å². The molecule has 1 heterocycles. The molecule has 2 aromatic rings. The highest BCUT2D eigenvalue weighted by molar-refractivity contribution is 6.00. The molecular formula is C17H16N2O4. The number of ether oxygens (including phenoxy) is 1. The Balaban J connectivity index is 2.31. The van der Waals surface area contributed by atoms with Crippen molar-refractivity contribution in [3.63, 3.8) is 0 Å². The van der Waals surface area contributed by atoms with E-state index in [1.165, 1.54) is 11.8 Å². The first-order chi connectivity index (χ1) is 10.9. The van der Waals surface area contributed by atoms with E-state index < -0.39 is 17.8 Å².